The van der Waals surface area contributed by atoms with Crippen LogP contribution in [-0.4, -0.2) is 26.0 Å². The van der Waals surface area contributed by atoms with Crippen molar-refractivity contribution in [2.75, 3.05) is 10.7 Å². The van der Waals surface area contributed by atoms with Crippen molar-refractivity contribution in [2.45, 2.75) is 37.2 Å². The Morgan fingerprint density at radius 3 is 2.48 bits per heavy atom. The molecule has 2 N–H and O–H groups in total. The van der Waals surface area contributed by atoms with Crippen molar-refractivity contribution in [1.29, 1.82) is 0 Å². The molecular weight excluding hydrogens is 358 g/mol. The first kappa shape index (κ1) is 17.6. The van der Waals surface area contributed by atoms with Crippen LogP contribution in [0.25, 0.3) is 0 Å². The van der Waals surface area contributed by atoms with E-state index in [0.29, 0.717) is 5.16 Å². The Bertz CT molecular complexity index is 965. The number of aryl methyl sites for hydroxylation is 3. The van der Waals surface area contributed by atoms with Crippen molar-refractivity contribution in [1.82, 2.24) is 14.9 Å². The first-order chi connectivity index (χ1) is 13.0. The minimum Gasteiger partial charge on any atom is -0.325 e. The monoisotopic (exact) mass is 379 g/mol. The van der Waals surface area contributed by atoms with Gasteiger partial charge in [-0.3, -0.25) is 4.79 Å². The van der Waals surface area contributed by atoms with Crippen molar-refractivity contribution < 1.29 is 4.79 Å². The first-order valence-corrected chi connectivity index (χ1v) is 9.68. The fourth-order valence-corrected chi connectivity index (χ4v) is 4.46. The minimum atomic E-state index is -0.371. The molecule has 1 aliphatic heterocycles. The van der Waals surface area contributed by atoms with Crippen LogP contribution in [0.3, 0.4) is 0 Å². The van der Waals surface area contributed by atoms with E-state index in [1.165, 1.54) is 11.8 Å². The van der Waals surface area contributed by atoms with Gasteiger partial charge in [0, 0.05) is 5.69 Å². The summed E-state index contributed by atoms with van der Waals surface area (Å²) in [7, 11) is 0. The molecule has 0 saturated carbocycles. The molecule has 27 heavy (non-hydrogen) atoms. The smallest absolute Gasteiger partial charge is 0.240 e. The number of fused-ring (bicyclic) bond motifs is 1. The van der Waals surface area contributed by atoms with Crippen molar-refractivity contribution in [3.8, 4) is 0 Å². The van der Waals surface area contributed by atoms with E-state index in [4.69, 9.17) is 0 Å². The van der Waals surface area contributed by atoms with Crippen LogP contribution in [0.15, 0.2) is 53.7 Å². The predicted molar refractivity (Wildman–Crippen MR) is 107 cm³/mol. The van der Waals surface area contributed by atoms with Gasteiger partial charge in [0.15, 0.2) is 0 Å². The second kappa shape index (κ2) is 7.08. The third-order valence-corrected chi connectivity index (χ3v) is 5.72. The third kappa shape index (κ3) is 3.55. The average Bonchev–Trinajstić information content (AvgIpc) is 3.01. The van der Waals surface area contributed by atoms with Crippen LogP contribution < -0.4 is 10.7 Å². The topological polar surface area (TPSA) is 71.8 Å². The summed E-state index contributed by atoms with van der Waals surface area (Å²) in [6.07, 6.45) is 0. The van der Waals surface area contributed by atoms with E-state index in [2.05, 4.69) is 27.0 Å². The highest BCUT2D eigenvalue weighted by Gasteiger charge is 2.37. The van der Waals surface area contributed by atoms with Crippen LogP contribution in [0.5, 0.6) is 0 Å². The molecule has 2 unspecified atom stereocenters. The molecule has 0 fully saturated rings. The second-order valence-electron chi connectivity index (χ2n) is 6.79. The number of nitrogens with zero attached hydrogens (tertiary/aromatic N) is 3. The van der Waals surface area contributed by atoms with Crippen LogP contribution in [-0.2, 0) is 4.79 Å². The molecule has 138 valence electrons. The Morgan fingerprint density at radius 2 is 1.78 bits per heavy atom. The van der Waals surface area contributed by atoms with Gasteiger partial charge in [-0.1, -0.05) is 48.2 Å². The Morgan fingerprint density at radius 1 is 1.07 bits per heavy atom. The number of carbonyl (C=O) groups is 1. The molecule has 2 heterocycles. The number of benzene rings is 2. The fraction of sp³-hybridized carbons (Fsp3) is 0.250. The number of anilines is 1. The summed E-state index contributed by atoms with van der Waals surface area (Å²) in [4.78, 5) is 13.2. The van der Waals surface area contributed by atoms with E-state index in [0.717, 1.165) is 28.2 Å². The average molecular weight is 379 g/mol. The highest BCUT2D eigenvalue weighted by molar-refractivity contribution is 8.00. The normalized spacial score (nSPS) is 18.5. The number of aromatic nitrogens is 3. The number of carbonyl (C=O) groups excluding carboxylic acids is 1. The molecule has 3 aromatic rings. The Labute approximate surface area is 162 Å². The molecule has 0 radical (unpaired) electrons. The summed E-state index contributed by atoms with van der Waals surface area (Å²) in [5, 5.41) is 11.7. The molecule has 0 spiro atoms. The first-order valence-electron chi connectivity index (χ1n) is 8.80. The Hall–Kier alpha value is -2.80. The standard InChI is InChI=1S/C20H21N5OS/c1-12-9-13(2)11-16(10-12)21-19(26)18-17(15-7-5-4-6-8-15)24-25-14(3)22-23-20(25)27-18/h4-11,17-18,24H,1-3H3,(H,21,26). The molecule has 2 aromatic carbocycles. The molecule has 4 rings (SSSR count). The zero-order valence-electron chi connectivity index (χ0n) is 15.4. The number of nitrogens with one attached hydrogen (secondary N) is 2. The molecule has 0 saturated heterocycles. The van der Waals surface area contributed by atoms with Gasteiger partial charge in [-0.15, -0.1) is 10.2 Å². The summed E-state index contributed by atoms with van der Waals surface area (Å²) in [5.41, 5.74) is 7.51. The molecule has 2 atom stereocenters. The van der Waals surface area contributed by atoms with E-state index in [1.807, 2.05) is 67.9 Å². The van der Waals surface area contributed by atoms with Gasteiger partial charge >= 0.3 is 0 Å². The molecular formula is C20H21N5OS. The zero-order chi connectivity index (χ0) is 19.0. The maximum Gasteiger partial charge on any atom is 0.240 e. The molecule has 1 aromatic heterocycles. The molecule has 7 heteroatoms. The van der Waals surface area contributed by atoms with Gasteiger partial charge in [-0.2, -0.15) is 0 Å². The van der Waals surface area contributed by atoms with Crippen molar-refractivity contribution in [3.05, 3.63) is 71.0 Å². The Kier molecular flexibility index (Phi) is 4.61. The fourth-order valence-electron chi connectivity index (χ4n) is 3.33. The van der Waals surface area contributed by atoms with Crippen molar-refractivity contribution in [2.24, 2.45) is 0 Å². The zero-order valence-corrected chi connectivity index (χ0v) is 16.2. The van der Waals surface area contributed by atoms with Gasteiger partial charge < -0.3 is 10.7 Å². The quantitative estimate of drug-likeness (QED) is 0.727. The maximum atomic E-state index is 13.2. The minimum absolute atomic E-state index is 0.0572. The van der Waals surface area contributed by atoms with Gasteiger partial charge in [0.2, 0.25) is 11.1 Å². The van der Waals surface area contributed by atoms with Crippen molar-refractivity contribution >= 4 is 23.4 Å². The van der Waals surface area contributed by atoms with Gasteiger partial charge in [-0.25, -0.2) is 4.68 Å². The molecule has 0 bridgehead atoms. The molecule has 1 amide bonds. The number of thioether (sulfide) groups is 1. The van der Waals surface area contributed by atoms with E-state index in [1.54, 1.807) is 0 Å². The van der Waals surface area contributed by atoms with Gasteiger partial charge in [0.1, 0.15) is 11.1 Å². The maximum absolute atomic E-state index is 13.2. The summed E-state index contributed by atoms with van der Waals surface area (Å²) in [5.74, 6) is 0.713. The van der Waals surface area contributed by atoms with Crippen LogP contribution in [0, 0.1) is 20.8 Å². The van der Waals surface area contributed by atoms with E-state index < -0.39 is 0 Å². The van der Waals surface area contributed by atoms with Gasteiger partial charge in [-0.05, 0) is 49.6 Å². The van der Waals surface area contributed by atoms with Crippen LogP contribution in [0.2, 0.25) is 0 Å². The lowest BCUT2D eigenvalue weighted by Crippen LogP contribution is -2.41. The lowest BCUT2D eigenvalue weighted by Gasteiger charge is -2.32. The number of rotatable bonds is 3. The van der Waals surface area contributed by atoms with Crippen molar-refractivity contribution in [3.63, 3.8) is 0 Å². The lowest BCUT2D eigenvalue weighted by atomic mass is 10.0. The number of amides is 1. The van der Waals surface area contributed by atoms with E-state index >= 15 is 0 Å². The highest BCUT2D eigenvalue weighted by atomic mass is 32.2. The summed E-state index contributed by atoms with van der Waals surface area (Å²) < 4.78 is 1.85. The van der Waals surface area contributed by atoms with Crippen LogP contribution >= 0.6 is 11.8 Å². The summed E-state index contributed by atoms with van der Waals surface area (Å²) in [6.45, 7) is 5.94. The molecule has 6 nitrogen and oxygen atoms in total. The largest absolute Gasteiger partial charge is 0.325 e. The van der Waals surface area contributed by atoms with E-state index in [-0.39, 0.29) is 17.2 Å². The number of hydrogen-bond acceptors (Lipinski definition) is 5. The lowest BCUT2D eigenvalue weighted by molar-refractivity contribution is -0.116. The second-order valence-corrected chi connectivity index (χ2v) is 7.90. The summed E-state index contributed by atoms with van der Waals surface area (Å²) >= 11 is 1.43. The summed E-state index contributed by atoms with van der Waals surface area (Å²) in [6, 6.07) is 15.9. The highest BCUT2D eigenvalue weighted by Crippen LogP contribution is 2.37. The predicted octanol–water partition coefficient (Wildman–Crippen LogP) is 3.60. The molecule has 1 aliphatic rings. The number of hydrogen-bond donors (Lipinski definition) is 2. The van der Waals surface area contributed by atoms with Crippen LogP contribution in [0.4, 0.5) is 5.69 Å². The van der Waals surface area contributed by atoms with Crippen LogP contribution in [0.1, 0.15) is 28.6 Å². The Balaban J connectivity index is 1.66. The molecule has 0 aliphatic carbocycles. The SMILES string of the molecule is Cc1cc(C)cc(NC(=O)C2Sc3nnc(C)n3NC2c2ccccc2)c1. The van der Waals surface area contributed by atoms with Gasteiger partial charge in [0.05, 0.1) is 6.04 Å². The third-order valence-electron chi connectivity index (χ3n) is 4.50. The van der Waals surface area contributed by atoms with Gasteiger partial charge in [0.25, 0.3) is 0 Å². The van der Waals surface area contributed by atoms with E-state index in [9.17, 15) is 4.79 Å².